The number of alkyl halides is 1. The summed E-state index contributed by atoms with van der Waals surface area (Å²) in [5.74, 6) is -0.362. The molecule has 2 nitrogen and oxygen atoms in total. The monoisotopic (exact) mass is 363 g/mol. The highest BCUT2D eigenvalue weighted by molar-refractivity contribution is 14.1. The largest absolute Gasteiger partial charge is 0.324 e. The Labute approximate surface area is 110 Å². The number of halogens is 4. The van der Waals surface area contributed by atoms with E-state index < -0.39 is 0 Å². The van der Waals surface area contributed by atoms with Gasteiger partial charge in [0, 0.05) is 3.57 Å². The van der Waals surface area contributed by atoms with Gasteiger partial charge in [-0.15, -0.1) is 11.6 Å². The number of nitrogens with one attached hydrogen (secondary N) is 1. The fraction of sp³-hybridized carbons (Fsp3) is 0.125. The van der Waals surface area contributed by atoms with E-state index in [1.165, 1.54) is 0 Å². The first-order valence-electron chi connectivity index (χ1n) is 3.55. The standard InChI is InChI=1S/C8H5Cl3INO/c9-3-8(14)13-7-2-5(11)4(10)1-6(7)12/h1-2H,3H2,(H,13,14). The number of hydrogen-bond donors (Lipinski definition) is 1. The Bertz CT molecular complexity index is 370. The van der Waals surface area contributed by atoms with E-state index in [0.29, 0.717) is 15.7 Å². The Morgan fingerprint density at radius 3 is 2.50 bits per heavy atom. The second-order valence-electron chi connectivity index (χ2n) is 2.43. The first kappa shape index (κ1) is 12.4. The maximum absolute atomic E-state index is 11.0. The lowest BCUT2D eigenvalue weighted by molar-refractivity contribution is -0.113. The molecule has 0 bridgehead atoms. The van der Waals surface area contributed by atoms with Crippen LogP contribution in [0.15, 0.2) is 12.1 Å². The Morgan fingerprint density at radius 2 is 1.93 bits per heavy atom. The van der Waals surface area contributed by atoms with Gasteiger partial charge >= 0.3 is 0 Å². The first-order valence-corrected chi connectivity index (χ1v) is 5.92. The maximum Gasteiger partial charge on any atom is 0.239 e. The lowest BCUT2D eigenvalue weighted by Gasteiger charge is -2.07. The van der Waals surface area contributed by atoms with Crippen LogP contribution in [-0.4, -0.2) is 11.8 Å². The Kier molecular flexibility index (Phi) is 4.76. The van der Waals surface area contributed by atoms with Gasteiger partial charge in [-0.3, -0.25) is 4.79 Å². The molecular formula is C8H5Cl3INO. The zero-order valence-electron chi connectivity index (χ0n) is 6.78. The van der Waals surface area contributed by atoms with Crippen LogP contribution in [0.1, 0.15) is 0 Å². The Balaban J connectivity index is 2.98. The second-order valence-corrected chi connectivity index (χ2v) is 4.67. The molecule has 0 aliphatic carbocycles. The zero-order chi connectivity index (χ0) is 10.7. The molecule has 6 heteroatoms. The van der Waals surface area contributed by atoms with Crippen molar-refractivity contribution in [3.05, 3.63) is 25.7 Å². The fourth-order valence-corrected chi connectivity index (χ4v) is 1.98. The SMILES string of the molecule is O=C(CCl)Nc1cc(Cl)c(Cl)cc1I. The predicted molar refractivity (Wildman–Crippen MR) is 68.5 cm³/mol. The number of rotatable bonds is 2. The lowest BCUT2D eigenvalue weighted by atomic mass is 10.3. The highest BCUT2D eigenvalue weighted by Gasteiger charge is 2.07. The Morgan fingerprint density at radius 1 is 1.36 bits per heavy atom. The molecule has 1 N–H and O–H groups in total. The molecule has 0 unspecified atom stereocenters. The summed E-state index contributed by atoms with van der Waals surface area (Å²) in [6, 6.07) is 3.27. The van der Waals surface area contributed by atoms with E-state index in [9.17, 15) is 4.79 Å². The summed E-state index contributed by atoms with van der Waals surface area (Å²) >= 11 is 19.0. The summed E-state index contributed by atoms with van der Waals surface area (Å²) in [5.41, 5.74) is 0.616. The minimum atomic E-state index is -0.275. The summed E-state index contributed by atoms with van der Waals surface area (Å²) in [5, 5.41) is 3.46. The van der Waals surface area contributed by atoms with Crippen LogP contribution in [0.2, 0.25) is 10.0 Å². The number of benzene rings is 1. The predicted octanol–water partition coefficient (Wildman–Crippen LogP) is 3.78. The quantitative estimate of drug-likeness (QED) is 0.483. The molecule has 0 aromatic heterocycles. The molecule has 0 aliphatic heterocycles. The highest BCUT2D eigenvalue weighted by atomic mass is 127. The van der Waals surface area contributed by atoms with E-state index in [2.05, 4.69) is 27.9 Å². The van der Waals surface area contributed by atoms with Gasteiger partial charge in [-0.05, 0) is 34.7 Å². The van der Waals surface area contributed by atoms with Crippen molar-refractivity contribution in [2.75, 3.05) is 11.2 Å². The molecule has 0 aliphatic rings. The van der Waals surface area contributed by atoms with Gasteiger partial charge in [-0.25, -0.2) is 0 Å². The number of carbonyl (C=O) groups excluding carboxylic acids is 1. The van der Waals surface area contributed by atoms with Gasteiger partial charge < -0.3 is 5.32 Å². The third kappa shape index (κ3) is 3.15. The Hall–Kier alpha value is 0.290. The summed E-state index contributed by atoms with van der Waals surface area (Å²) in [7, 11) is 0. The summed E-state index contributed by atoms with van der Waals surface area (Å²) in [4.78, 5) is 11.0. The van der Waals surface area contributed by atoms with E-state index in [1.807, 2.05) is 0 Å². The molecule has 1 aromatic rings. The third-order valence-electron chi connectivity index (χ3n) is 1.41. The normalized spacial score (nSPS) is 10.0. The zero-order valence-corrected chi connectivity index (χ0v) is 11.2. The maximum atomic E-state index is 11.0. The van der Waals surface area contributed by atoms with Gasteiger partial charge in [0.15, 0.2) is 0 Å². The molecule has 0 fully saturated rings. The van der Waals surface area contributed by atoms with Crippen molar-refractivity contribution in [1.29, 1.82) is 0 Å². The molecule has 0 spiro atoms. The fourth-order valence-electron chi connectivity index (χ4n) is 0.802. The smallest absolute Gasteiger partial charge is 0.239 e. The highest BCUT2D eigenvalue weighted by Crippen LogP contribution is 2.29. The van der Waals surface area contributed by atoms with E-state index in [0.717, 1.165) is 3.57 Å². The van der Waals surface area contributed by atoms with Crippen LogP contribution in [0, 0.1) is 3.57 Å². The van der Waals surface area contributed by atoms with Gasteiger partial charge in [-0.1, -0.05) is 23.2 Å². The van der Waals surface area contributed by atoms with Gasteiger partial charge in [-0.2, -0.15) is 0 Å². The van der Waals surface area contributed by atoms with E-state index in [-0.39, 0.29) is 11.8 Å². The molecule has 0 radical (unpaired) electrons. The molecule has 0 atom stereocenters. The summed E-state index contributed by atoms with van der Waals surface area (Å²) < 4.78 is 0.815. The first-order chi connectivity index (χ1) is 6.54. The van der Waals surface area contributed by atoms with E-state index >= 15 is 0 Å². The molecule has 1 rings (SSSR count). The van der Waals surface area contributed by atoms with Gasteiger partial charge in [0.05, 0.1) is 15.7 Å². The van der Waals surface area contributed by atoms with Gasteiger partial charge in [0.1, 0.15) is 5.88 Å². The van der Waals surface area contributed by atoms with Crippen molar-refractivity contribution < 1.29 is 4.79 Å². The van der Waals surface area contributed by atoms with Crippen LogP contribution in [0.3, 0.4) is 0 Å². The van der Waals surface area contributed by atoms with Crippen LogP contribution < -0.4 is 5.32 Å². The number of carbonyl (C=O) groups is 1. The van der Waals surface area contributed by atoms with E-state index in [4.69, 9.17) is 34.8 Å². The van der Waals surface area contributed by atoms with E-state index in [1.54, 1.807) is 12.1 Å². The molecule has 1 amide bonds. The summed E-state index contributed by atoms with van der Waals surface area (Å²) in [6.45, 7) is 0. The number of amides is 1. The topological polar surface area (TPSA) is 29.1 Å². The number of anilines is 1. The second kappa shape index (κ2) is 5.39. The van der Waals surface area contributed by atoms with Crippen LogP contribution in [0.5, 0.6) is 0 Å². The third-order valence-corrected chi connectivity index (χ3v) is 3.26. The van der Waals surface area contributed by atoms with Crippen molar-refractivity contribution in [3.8, 4) is 0 Å². The molecule has 14 heavy (non-hydrogen) atoms. The van der Waals surface area contributed by atoms with Crippen molar-refractivity contribution in [2.24, 2.45) is 0 Å². The van der Waals surface area contributed by atoms with Gasteiger partial charge in [0.2, 0.25) is 5.91 Å². The average Bonchev–Trinajstić information content (AvgIpc) is 2.14. The molecule has 0 saturated heterocycles. The molecule has 0 saturated carbocycles. The lowest BCUT2D eigenvalue weighted by Crippen LogP contribution is -2.13. The molecular weight excluding hydrogens is 359 g/mol. The van der Waals surface area contributed by atoms with Crippen LogP contribution >= 0.6 is 57.4 Å². The van der Waals surface area contributed by atoms with Crippen molar-refractivity contribution >= 4 is 69.0 Å². The van der Waals surface area contributed by atoms with Crippen molar-refractivity contribution in [1.82, 2.24) is 0 Å². The average molecular weight is 364 g/mol. The van der Waals surface area contributed by atoms with Gasteiger partial charge in [0.25, 0.3) is 0 Å². The van der Waals surface area contributed by atoms with Crippen LogP contribution in [-0.2, 0) is 4.79 Å². The molecule has 1 aromatic carbocycles. The van der Waals surface area contributed by atoms with Crippen LogP contribution in [0.25, 0.3) is 0 Å². The van der Waals surface area contributed by atoms with Crippen molar-refractivity contribution in [3.63, 3.8) is 0 Å². The molecule has 0 heterocycles. The minimum Gasteiger partial charge on any atom is -0.324 e. The minimum absolute atomic E-state index is 0.0870. The molecule has 76 valence electrons. The summed E-state index contributed by atoms with van der Waals surface area (Å²) in [6.07, 6.45) is 0. The van der Waals surface area contributed by atoms with Crippen LogP contribution in [0.4, 0.5) is 5.69 Å². The number of hydrogen-bond acceptors (Lipinski definition) is 1. The van der Waals surface area contributed by atoms with Crippen molar-refractivity contribution in [2.45, 2.75) is 0 Å².